The predicted molar refractivity (Wildman–Crippen MR) is 80.0 cm³/mol. The first-order valence-corrected chi connectivity index (χ1v) is 7.25. The molecule has 0 amide bonds. The fourth-order valence-electron chi connectivity index (χ4n) is 1.98. The topological polar surface area (TPSA) is 61.2 Å². The Morgan fingerprint density at radius 3 is 2.80 bits per heavy atom. The summed E-state index contributed by atoms with van der Waals surface area (Å²) in [6.45, 7) is 3.75. The van der Waals surface area contributed by atoms with E-state index in [-0.39, 0.29) is 23.5 Å². The molecule has 0 radical (unpaired) electrons. The third-order valence-corrected chi connectivity index (χ3v) is 3.25. The van der Waals surface area contributed by atoms with Crippen LogP contribution in [-0.4, -0.2) is 22.1 Å². The van der Waals surface area contributed by atoms with Crippen LogP contribution in [0.15, 0.2) is 29.1 Å². The molecule has 20 heavy (non-hydrogen) atoms. The zero-order valence-corrected chi connectivity index (χ0v) is 12.9. The second-order valence-electron chi connectivity index (χ2n) is 4.30. The molecule has 6 heteroatoms. The monoisotopic (exact) mass is 338 g/mol. The number of nitrogens with zero attached hydrogens (tertiary/aromatic N) is 2. The summed E-state index contributed by atoms with van der Waals surface area (Å²) < 4.78 is 6.27. The molecule has 2 aromatic rings. The van der Waals surface area contributed by atoms with Gasteiger partial charge in [0.1, 0.15) is 12.4 Å². The van der Waals surface area contributed by atoms with Crippen LogP contribution < -0.4 is 5.56 Å². The van der Waals surface area contributed by atoms with Gasteiger partial charge >= 0.3 is 5.97 Å². The molecule has 1 heterocycles. The summed E-state index contributed by atoms with van der Waals surface area (Å²) in [6, 6.07) is 7.09. The van der Waals surface area contributed by atoms with Gasteiger partial charge in [-0.2, -0.15) is 0 Å². The van der Waals surface area contributed by atoms with Crippen molar-refractivity contribution in [3.05, 3.63) is 40.4 Å². The summed E-state index contributed by atoms with van der Waals surface area (Å²) in [5, 5.41) is 0.494. The van der Waals surface area contributed by atoms with Gasteiger partial charge < -0.3 is 4.74 Å². The molecule has 1 aromatic heterocycles. The van der Waals surface area contributed by atoms with Gasteiger partial charge in [0, 0.05) is 0 Å². The molecule has 0 aliphatic heterocycles. The van der Waals surface area contributed by atoms with Gasteiger partial charge in [-0.1, -0.05) is 28.1 Å². The molecular weight excluding hydrogens is 324 g/mol. The molecule has 0 bridgehead atoms. The van der Waals surface area contributed by atoms with E-state index in [1.165, 1.54) is 4.57 Å². The highest BCUT2D eigenvalue weighted by Crippen LogP contribution is 2.20. The van der Waals surface area contributed by atoms with Crippen molar-refractivity contribution in [2.75, 3.05) is 6.61 Å². The molecule has 1 aromatic carbocycles. The third kappa shape index (κ3) is 2.90. The minimum atomic E-state index is -0.443. The largest absolute Gasteiger partial charge is 0.465 e. The number of alkyl halides is 1. The third-order valence-electron chi connectivity index (χ3n) is 2.84. The van der Waals surface area contributed by atoms with Crippen molar-refractivity contribution in [2.45, 2.75) is 25.2 Å². The van der Waals surface area contributed by atoms with E-state index in [9.17, 15) is 9.59 Å². The molecule has 1 unspecified atom stereocenters. The van der Waals surface area contributed by atoms with Crippen molar-refractivity contribution >= 4 is 32.8 Å². The molecule has 5 nitrogen and oxygen atoms in total. The number of aromatic nitrogens is 2. The number of esters is 1. The molecule has 0 N–H and O–H groups in total. The number of carbonyl (C=O) groups excluding carboxylic acids is 1. The van der Waals surface area contributed by atoms with Crippen LogP contribution in [0.25, 0.3) is 10.9 Å². The molecule has 0 aliphatic rings. The van der Waals surface area contributed by atoms with Crippen molar-refractivity contribution in [1.29, 1.82) is 0 Å². The SMILES string of the molecule is CCOC(=O)Cn1c(C(C)Br)nc2ccccc2c1=O. The lowest BCUT2D eigenvalue weighted by molar-refractivity contribution is -0.143. The van der Waals surface area contributed by atoms with Crippen LogP contribution in [0.5, 0.6) is 0 Å². The van der Waals surface area contributed by atoms with E-state index in [4.69, 9.17) is 4.74 Å². The van der Waals surface area contributed by atoms with Crippen LogP contribution in [0.4, 0.5) is 0 Å². The maximum Gasteiger partial charge on any atom is 0.326 e. The number of para-hydroxylation sites is 1. The van der Waals surface area contributed by atoms with E-state index in [1.807, 2.05) is 13.0 Å². The van der Waals surface area contributed by atoms with Crippen LogP contribution >= 0.6 is 15.9 Å². The minimum Gasteiger partial charge on any atom is -0.465 e. The minimum absolute atomic E-state index is 0.129. The fraction of sp³-hybridized carbons (Fsp3) is 0.357. The summed E-state index contributed by atoms with van der Waals surface area (Å²) in [4.78, 5) is 28.5. The zero-order valence-electron chi connectivity index (χ0n) is 11.3. The van der Waals surface area contributed by atoms with Gasteiger partial charge in [-0.05, 0) is 26.0 Å². The number of fused-ring (bicyclic) bond motifs is 1. The molecule has 106 valence electrons. The van der Waals surface area contributed by atoms with E-state index >= 15 is 0 Å². The second kappa shape index (κ2) is 6.17. The highest BCUT2D eigenvalue weighted by molar-refractivity contribution is 9.09. The van der Waals surface area contributed by atoms with Gasteiger partial charge in [-0.15, -0.1) is 0 Å². The standard InChI is InChI=1S/C14H15BrN2O3/c1-3-20-12(18)8-17-13(9(2)15)16-11-7-5-4-6-10(11)14(17)19/h4-7,9H,3,8H2,1-2H3. The number of rotatable bonds is 4. The van der Waals surface area contributed by atoms with Crippen molar-refractivity contribution in [2.24, 2.45) is 0 Å². The Balaban J connectivity index is 2.61. The predicted octanol–water partition coefficient (Wildman–Crippen LogP) is 2.42. The van der Waals surface area contributed by atoms with Crippen LogP contribution in [0, 0.1) is 0 Å². The lowest BCUT2D eigenvalue weighted by Crippen LogP contribution is -2.29. The van der Waals surface area contributed by atoms with Gasteiger partial charge in [-0.25, -0.2) is 4.98 Å². The first-order valence-electron chi connectivity index (χ1n) is 6.33. The average Bonchev–Trinajstić information content (AvgIpc) is 2.42. The summed E-state index contributed by atoms with van der Waals surface area (Å²) in [7, 11) is 0. The second-order valence-corrected chi connectivity index (χ2v) is 5.67. The fourth-order valence-corrected chi connectivity index (χ4v) is 2.33. The number of ether oxygens (including phenoxy) is 1. The van der Waals surface area contributed by atoms with E-state index in [2.05, 4.69) is 20.9 Å². The number of carbonyl (C=O) groups is 1. The molecule has 0 saturated carbocycles. The number of halogens is 1. The summed E-state index contributed by atoms with van der Waals surface area (Å²) in [5.41, 5.74) is 0.392. The Hall–Kier alpha value is -1.69. The molecule has 0 saturated heterocycles. The first kappa shape index (κ1) is 14.7. The normalized spacial score (nSPS) is 12.3. The maximum atomic E-state index is 12.5. The van der Waals surface area contributed by atoms with Gasteiger partial charge in [0.25, 0.3) is 5.56 Å². The Morgan fingerprint density at radius 1 is 1.45 bits per heavy atom. The molecule has 0 aliphatic carbocycles. The first-order chi connectivity index (χ1) is 9.54. The Morgan fingerprint density at radius 2 is 2.15 bits per heavy atom. The maximum absolute atomic E-state index is 12.5. The van der Waals surface area contributed by atoms with Crippen LogP contribution in [-0.2, 0) is 16.1 Å². The van der Waals surface area contributed by atoms with Crippen molar-refractivity contribution in [3.8, 4) is 0 Å². The van der Waals surface area contributed by atoms with Crippen LogP contribution in [0.1, 0.15) is 24.5 Å². The van der Waals surface area contributed by atoms with E-state index < -0.39 is 5.97 Å². The smallest absolute Gasteiger partial charge is 0.326 e. The van der Waals surface area contributed by atoms with E-state index in [1.54, 1.807) is 25.1 Å². The molecule has 0 fully saturated rings. The summed E-state index contributed by atoms with van der Waals surface area (Å²) in [6.07, 6.45) is 0. The van der Waals surface area contributed by atoms with Gasteiger partial charge in [-0.3, -0.25) is 14.2 Å². The molecule has 2 rings (SSSR count). The highest BCUT2D eigenvalue weighted by atomic mass is 79.9. The summed E-state index contributed by atoms with van der Waals surface area (Å²) in [5.74, 6) is 0.0721. The van der Waals surface area contributed by atoms with E-state index in [0.29, 0.717) is 16.7 Å². The lowest BCUT2D eigenvalue weighted by Gasteiger charge is -2.14. The zero-order chi connectivity index (χ0) is 14.7. The Bertz CT molecular complexity index is 694. The average molecular weight is 339 g/mol. The van der Waals surface area contributed by atoms with Crippen molar-refractivity contribution in [3.63, 3.8) is 0 Å². The van der Waals surface area contributed by atoms with Gasteiger partial charge in [0.2, 0.25) is 0 Å². The van der Waals surface area contributed by atoms with Crippen molar-refractivity contribution in [1.82, 2.24) is 9.55 Å². The van der Waals surface area contributed by atoms with E-state index in [0.717, 1.165) is 0 Å². The molecular formula is C14H15BrN2O3. The molecule has 0 spiro atoms. The van der Waals surface area contributed by atoms with Crippen molar-refractivity contribution < 1.29 is 9.53 Å². The Labute approximate surface area is 124 Å². The van der Waals surface area contributed by atoms with Crippen LogP contribution in [0.3, 0.4) is 0 Å². The summed E-state index contributed by atoms with van der Waals surface area (Å²) >= 11 is 3.41. The number of benzene rings is 1. The lowest BCUT2D eigenvalue weighted by atomic mass is 10.2. The van der Waals surface area contributed by atoms with Crippen LogP contribution in [0.2, 0.25) is 0 Å². The molecule has 1 atom stereocenters. The highest BCUT2D eigenvalue weighted by Gasteiger charge is 2.17. The number of hydrogen-bond acceptors (Lipinski definition) is 4. The quantitative estimate of drug-likeness (QED) is 0.634. The Kier molecular flexibility index (Phi) is 4.54. The number of hydrogen-bond donors (Lipinski definition) is 0. The van der Waals surface area contributed by atoms with Gasteiger partial charge in [0.05, 0.1) is 22.3 Å². The van der Waals surface area contributed by atoms with Gasteiger partial charge in [0.15, 0.2) is 0 Å².